The van der Waals surface area contributed by atoms with Crippen LogP contribution in [0.15, 0.2) is 0 Å². The third-order valence-electron chi connectivity index (χ3n) is 0.669. The van der Waals surface area contributed by atoms with Crippen LogP contribution in [0.4, 0.5) is 0 Å². The van der Waals surface area contributed by atoms with E-state index in [0.29, 0.717) is 6.42 Å². The van der Waals surface area contributed by atoms with Crippen LogP contribution in [0.25, 0.3) is 0 Å². The van der Waals surface area contributed by atoms with Crippen LogP contribution in [0, 0.1) is 5.21 Å². The Morgan fingerprint density at radius 2 is 2.38 bits per heavy atom. The Morgan fingerprint density at radius 3 is 2.75 bits per heavy atom. The van der Waals surface area contributed by atoms with Gasteiger partial charge >= 0.3 is 5.97 Å². The molecule has 0 heterocycles. The second-order valence-electron chi connectivity index (χ2n) is 1.39. The summed E-state index contributed by atoms with van der Waals surface area (Å²) in [5.41, 5.74) is 1.61. The first-order valence-electron chi connectivity index (χ1n) is 2.34. The van der Waals surface area contributed by atoms with Gasteiger partial charge in [0.15, 0.2) is 0 Å². The topological polar surface area (TPSA) is 72.4 Å². The van der Waals surface area contributed by atoms with Crippen molar-refractivity contribution in [3.63, 3.8) is 0 Å². The summed E-state index contributed by atoms with van der Waals surface area (Å²) in [5, 5.41) is 17.5. The summed E-state index contributed by atoms with van der Waals surface area (Å²) in [6.07, 6.45) is 0.466. The lowest BCUT2D eigenvalue weighted by molar-refractivity contribution is -0.137. The number of carbonyl (C=O) groups is 1. The first-order valence-corrected chi connectivity index (χ1v) is 2.34. The van der Waals surface area contributed by atoms with Gasteiger partial charge in [-0.05, 0) is 13.0 Å². The van der Waals surface area contributed by atoms with Crippen LogP contribution in [0.1, 0.15) is 12.8 Å². The average Bonchev–Trinajstić information content (AvgIpc) is 1.66. The molecule has 0 saturated carbocycles. The molecule has 0 aromatic rings. The second kappa shape index (κ2) is 4.55. The maximum absolute atomic E-state index is 9.74. The minimum atomic E-state index is -0.861. The summed E-state index contributed by atoms with van der Waals surface area (Å²) in [5.74, 6) is -0.861. The van der Waals surface area contributed by atoms with Crippen molar-refractivity contribution in [2.75, 3.05) is 6.54 Å². The van der Waals surface area contributed by atoms with Gasteiger partial charge in [0.05, 0.1) is 0 Å². The zero-order valence-electron chi connectivity index (χ0n) is 4.39. The van der Waals surface area contributed by atoms with Gasteiger partial charge in [-0.2, -0.15) is 0 Å². The number of rotatable bonds is 4. The van der Waals surface area contributed by atoms with Crippen molar-refractivity contribution in [3.8, 4) is 0 Å². The summed E-state index contributed by atoms with van der Waals surface area (Å²) in [4.78, 5) is 9.74. The largest absolute Gasteiger partial charge is 0.788 e. The van der Waals surface area contributed by atoms with E-state index in [9.17, 15) is 10.0 Å². The number of carboxylic acids is 1. The lowest BCUT2D eigenvalue weighted by Crippen LogP contribution is -2.07. The molecule has 0 saturated heterocycles. The molecule has 0 fully saturated rings. The van der Waals surface area contributed by atoms with Gasteiger partial charge in [-0.1, -0.05) is 0 Å². The molecule has 0 rings (SSSR count). The molecule has 2 N–H and O–H groups in total. The lowest BCUT2D eigenvalue weighted by Gasteiger charge is -2.03. The van der Waals surface area contributed by atoms with Crippen LogP contribution in [0.5, 0.6) is 0 Å². The third-order valence-corrected chi connectivity index (χ3v) is 0.669. The van der Waals surface area contributed by atoms with E-state index in [1.54, 1.807) is 5.48 Å². The Hall–Kier alpha value is -0.610. The number of hydrogen-bond acceptors (Lipinski definition) is 3. The zero-order valence-corrected chi connectivity index (χ0v) is 4.39. The van der Waals surface area contributed by atoms with Crippen LogP contribution in [-0.4, -0.2) is 17.6 Å². The number of aliphatic carboxylic acids is 1. The van der Waals surface area contributed by atoms with Crippen molar-refractivity contribution in [1.29, 1.82) is 0 Å². The van der Waals surface area contributed by atoms with Crippen LogP contribution < -0.4 is 5.48 Å². The van der Waals surface area contributed by atoms with E-state index in [1.165, 1.54) is 0 Å². The van der Waals surface area contributed by atoms with Crippen molar-refractivity contribution < 1.29 is 9.90 Å². The molecule has 4 nitrogen and oxygen atoms in total. The fourth-order valence-electron chi connectivity index (χ4n) is 0.312. The highest BCUT2D eigenvalue weighted by Crippen LogP contribution is 1.84. The van der Waals surface area contributed by atoms with Gasteiger partial charge in [0, 0.05) is 6.42 Å². The maximum Gasteiger partial charge on any atom is 0.303 e. The van der Waals surface area contributed by atoms with Crippen molar-refractivity contribution in [3.05, 3.63) is 5.21 Å². The normalized spacial score (nSPS) is 9.12. The van der Waals surface area contributed by atoms with Gasteiger partial charge in [-0.15, -0.1) is 0 Å². The molecule has 8 heavy (non-hydrogen) atoms. The van der Waals surface area contributed by atoms with Crippen LogP contribution in [-0.2, 0) is 4.79 Å². The molecule has 0 aliphatic heterocycles. The smallest absolute Gasteiger partial charge is 0.303 e. The molecular formula is C4H8NO3-. The first kappa shape index (κ1) is 7.39. The maximum atomic E-state index is 9.74. The minimum absolute atomic E-state index is 0.0647. The van der Waals surface area contributed by atoms with E-state index in [-0.39, 0.29) is 13.0 Å². The van der Waals surface area contributed by atoms with Crippen molar-refractivity contribution >= 4 is 5.97 Å². The fourth-order valence-corrected chi connectivity index (χ4v) is 0.312. The number of nitrogens with one attached hydrogen (secondary N) is 1. The van der Waals surface area contributed by atoms with Crippen molar-refractivity contribution in [1.82, 2.24) is 5.48 Å². The Bertz CT molecular complexity index is 73.7. The molecule has 0 aliphatic rings. The van der Waals surface area contributed by atoms with Gasteiger partial charge in [0.1, 0.15) is 0 Å². The zero-order chi connectivity index (χ0) is 6.41. The van der Waals surface area contributed by atoms with Gasteiger partial charge in [-0.3, -0.25) is 4.79 Å². The summed E-state index contributed by atoms with van der Waals surface area (Å²) in [7, 11) is 0. The average molecular weight is 118 g/mol. The quantitative estimate of drug-likeness (QED) is 0.400. The Kier molecular flexibility index (Phi) is 4.20. The monoisotopic (exact) mass is 118 g/mol. The van der Waals surface area contributed by atoms with Gasteiger partial charge in [-0.25, -0.2) is 0 Å². The Morgan fingerprint density at radius 1 is 1.75 bits per heavy atom. The molecule has 0 bridgehead atoms. The predicted molar refractivity (Wildman–Crippen MR) is 28.2 cm³/mol. The number of carboxylic acid groups (broad SMARTS) is 1. The lowest BCUT2D eigenvalue weighted by atomic mass is 10.3. The predicted octanol–water partition coefficient (Wildman–Crippen LogP) is -0.0614. The molecule has 0 aromatic carbocycles. The SMILES string of the molecule is O=C(O)CCCN[O-]. The molecule has 0 aliphatic carbocycles. The Labute approximate surface area is 47.1 Å². The van der Waals surface area contributed by atoms with Gasteiger partial charge in [0.2, 0.25) is 0 Å². The summed E-state index contributed by atoms with van der Waals surface area (Å²) >= 11 is 0. The van der Waals surface area contributed by atoms with Crippen LogP contribution >= 0.6 is 0 Å². The number of hydroxylamine groups is 1. The van der Waals surface area contributed by atoms with E-state index >= 15 is 0 Å². The molecule has 4 heteroatoms. The van der Waals surface area contributed by atoms with E-state index in [1.807, 2.05) is 0 Å². The molecule has 48 valence electrons. The number of hydrogen-bond donors (Lipinski definition) is 2. The highest BCUT2D eigenvalue weighted by Gasteiger charge is 1.91. The molecule has 0 unspecified atom stereocenters. The van der Waals surface area contributed by atoms with E-state index < -0.39 is 5.97 Å². The summed E-state index contributed by atoms with van der Waals surface area (Å²) in [6, 6.07) is 0. The van der Waals surface area contributed by atoms with E-state index in [0.717, 1.165) is 0 Å². The van der Waals surface area contributed by atoms with Crippen LogP contribution in [0.2, 0.25) is 0 Å². The highest BCUT2D eigenvalue weighted by molar-refractivity contribution is 5.66. The third kappa shape index (κ3) is 5.39. The van der Waals surface area contributed by atoms with Crippen molar-refractivity contribution in [2.24, 2.45) is 0 Å². The van der Waals surface area contributed by atoms with Gasteiger partial charge < -0.3 is 15.8 Å². The molecule has 0 amide bonds. The van der Waals surface area contributed by atoms with Crippen molar-refractivity contribution in [2.45, 2.75) is 12.8 Å². The standard InChI is InChI=1S/C4H8NO3/c6-4(7)2-1-3-5-8/h5H,1-3H2,(H,6,7)/q-1. The molecule has 0 spiro atoms. The van der Waals surface area contributed by atoms with E-state index in [2.05, 4.69) is 0 Å². The summed E-state index contributed by atoms with van der Waals surface area (Å²) < 4.78 is 0. The molecule has 0 radical (unpaired) electrons. The highest BCUT2D eigenvalue weighted by atomic mass is 16.5. The molecule has 0 atom stereocenters. The second-order valence-corrected chi connectivity index (χ2v) is 1.39. The van der Waals surface area contributed by atoms with Gasteiger partial charge in [0.25, 0.3) is 0 Å². The molecular weight excluding hydrogens is 110 g/mol. The van der Waals surface area contributed by atoms with Crippen LogP contribution in [0.3, 0.4) is 0 Å². The Balaban J connectivity index is 2.82. The minimum Gasteiger partial charge on any atom is -0.788 e. The molecule has 0 aromatic heterocycles. The first-order chi connectivity index (χ1) is 3.77. The summed E-state index contributed by atoms with van der Waals surface area (Å²) in [6.45, 7) is 0.228. The fraction of sp³-hybridized carbons (Fsp3) is 0.750. The van der Waals surface area contributed by atoms with E-state index in [4.69, 9.17) is 5.11 Å².